The lowest BCUT2D eigenvalue weighted by atomic mass is 10.1. The second kappa shape index (κ2) is 6.30. The van der Waals surface area contributed by atoms with Crippen LogP contribution in [-0.2, 0) is 9.59 Å². The van der Waals surface area contributed by atoms with Gasteiger partial charge in [-0.15, -0.1) is 11.8 Å². The number of amides is 1. The number of carboxylic acids is 1. The summed E-state index contributed by atoms with van der Waals surface area (Å²) >= 11 is 1.02. The standard InChI is InChI=1S/C12H15NO3S/c1-8-4-3-5-10(9(8)2)13-11(14)6-17-7-12(15)16/h3-5H,6-7H2,1-2H3,(H,13,14)(H,15,16)/p-1. The van der Waals surface area contributed by atoms with E-state index in [1.165, 1.54) is 0 Å². The summed E-state index contributed by atoms with van der Waals surface area (Å²) in [6.07, 6.45) is 0. The van der Waals surface area contributed by atoms with E-state index in [9.17, 15) is 14.7 Å². The Labute approximate surface area is 104 Å². The molecule has 0 spiro atoms. The molecule has 0 aliphatic rings. The highest BCUT2D eigenvalue weighted by atomic mass is 32.2. The minimum Gasteiger partial charge on any atom is -0.549 e. The third-order valence-corrected chi connectivity index (χ3v) is 3.24. The van der Waals surface area contributed by atoms with E-state index in [1.54, 1.807) is 0 Å². The number of anilines is 1. The molecule has 0 heterocycles. The Morgan fingerprint density at radius 1 is 1.29 bits per heavy atom. The fraction of sp³-hybridized carbons (Fsp3) is 0.333. The summed E-state index contributed by atoms with van der Waals surface area (Å²) < 4.78 is 0. The highest BCUT2D eigenvalue weighted by Crippen LogP contribution is 2.18. The minimum atomic E-state index is -1.16. The van der Waals surface area contributed by atoms with Gasteiger partial charge in [-0.3, -0.25) is 4.79 Å². The van der Waals surface area contributed by atoms with Gasteiger partial charge in [0, 0.05) is 11.4 Å². The molecule has 17 heavy (non-hydrogen) atoms. The zero-order valence-electron chi connectivity index (χ0n) is 9.78. The van der Waals surface area contributed by atoms with E-state index in [2.05, 4.69) is 5.32 Å². The first-order chi connectivity index (χ1) is 8.00. The second-order valence-corrected chi connectivity index (χ2v) is 4.65. The highest BCUT2D eigenvalue weighted by Gasteiger charge is 2.05. The van der Waals surface area contributed by atoms with Crippen LogP contribution in [0.2, 0.25) is 0 Å². The fourth-order valence-electron chi connectivity index (χ4n) is 1.30. The summed E-state index contributed by atoms with van der Waals surface area (Å²) in [5.41, 5.74) is 2.89. The molecule has 1 aromatic rings. The third kappa shape index (κ3) is 4.48. The molecule has 0 saturated heterocycles. The van der Waals surface area contributed by atoms with Crippen LogP contribution in [0.4, 0.5) is 5.69 Å². The molecule has 1 amide bonds. The number of carbonyl (C=O) groups is 2. The Balaban J connectivity index is 2.51. The number of aryl methyl sites for hydroxylation is 1. The van der Waals surface area contributed by atoms with Crippen LogP contribution in [0, 0.1) is 13.8 Å². The van der Waals surface area contributed by atoms with Crippen molar-refractivity contribution in [2.24, 2.45) is 0 Å². The molecule has 0 bridgehead atoms. The zero-order valence-corrected chi connectivity index (χ0v) is 10.6. The van der Waals surface area contributed by atoms with Crippen molar-refractivity contribution >= 4 is 29.3 Å². The Hall–Kier alpha value is -1.49. The van der Waals surface area contributed by atoms with E-state index in [0.29, 0.717) is 0 Å². The molecular formula is C12H14NO3S-. The van der Waals surface area contributed by atoms with Gasteiger partial charge in [-0.2, -0.15) is 0 Å². The monoisotopic (exact) mass is 252 g/mol. The first kappa shape index (κ1) is 13.6. The van der Waals surface area contributed by atoms with E-state index in [4.69, 9.17) is 0 Å². The number of thioether (sulfide) groups is 1. The van der Waals surface area contributed by atoms with Gasteiger partial charge < -0.3 is 15.2 Å². The molecule has 92 valence electrons. The van der Waals surface area contributed by atoms with Gasteiger partial charge in [0.1, 0.15) is 0 Å². The fourth-order valence-corrected chi connectivity index (χ4v) is 1.83. The van der Waals surface area contributed by atoms with E-state index >= 15 is 0 Å². The van der Waals surface area contributed by atoms with Crippen LogP contribution in [0.5, 0.6) is 0 Å². The van der Waals surface area contributed by atoms with Crippen LogP contribution >= 0.6 is 11.8 Å². The number of hydrogen-bond acceptors (Lipinski definition) is 4. The Morgan fingerprint density at radius 2 is 2.00 bits per heavy atom. The summed E-state index contributed by atoms with van der Waals surface area (Å²) in [6.45, 7) is 3.90. The van der Waals surface area contributed by atoms with Crippen molar-refractivity contribution in [3.63, 3.8) is 0 Å². The number of rotatable bonds is 5. The average Bonchev–Trinajstić information content (AvgIpc) is 2.24. The molecule has 0 fully saturated rings. The van der Waals surface area contributed by atoms with Crippen molar-refractivity contribution in [1.82, 2.24) is 0 Å². The molecule has 0 radical (unpaired) electrons. The molecule has 1 rings (SSSR count). The lowest BCUT2D eigenvalue weighted by molar-refractivity contribution is -0.301. The quantitative estimate of drug-likeness (QED) is 0.838. The normalized spacial score (nSPS) is 10.0. The molecule has 1 N–H and O–H groups in total. The maximum Gasteiger partial charge on any atom is 0.234 e. The summed E-state index contributed by atoms with van der Waals surface area (Å²) in [5, 5.41) is 12.9. The SMILES string of the molecule is Cc1cccc(NC(=O)CSCC(=O)[O-])c1C. The van der Waals surface area contributed by atoms with Crippen LogP contribution in [0.25, 0.3) is 0 Å². The van der Waals surface area contributed by atoms with Crippen LogP contribution in [-0.4, -0.2) is 23.4 Å². The van der Waals surface area contributed by atoms with Gasteiger partial charge in [0.15, 0.2) is 0 Å². The molecular weight excluding hydrogens is 238 g/mol. The van der Waals surface area contributed by atoms with Gasteiger partial charge in [0.25, 0.3) is 0 Å². The highest BCUT2D eigenvalue weighted by molar-refractivity contribution is 8.00. The smallest absolute Gasteiger partial charge is 0.234 e. The summed E-state index contributed by atoms with van der Waals surface area (Å²) in [6, 6.07) is 5.66. The summed E-state index contributed by atoms with van der Waals surface area (Å²) in [4.78, 5) is 21.7. The number of hydrogen-bond donors (Lipinski definition) is 1. The molecule has 0 saturated carbocycles. The molecule has 4 nitrogen and oxygen atoms in total. The molecule has 0 aromatic heterocycles. The number of carbonyl (C=O) groups excluding carboxylic acids is 2. The molecule has 0 unspecified atom stereocenters. The zero-order chi connectivity index (χ0) is 12.8. The number of aliphatic carboxylic acids is 1. The molecule has 0 aliphatic carbocycles. The van der Waals surface area contributed by atoms with Gasteiger partial charge in [-0.05, 0) is 31.0 Å². The largest absolute Gasteiger partial charge is 0.549 e. The summed E-state index contributed by atoms with van der Waals surface area (Å²) in [7, 11) is 0. The van der Waals surface area contributed by atoms with Gasteiger partial charge in [0.2, 0.25) is 5.91 Å². The first-order valence-electron chi connectivity index (χ1n) is 5.14. The van der Waals surface area contributed by atoms with Crippen molar-refractivity contribution in [2.75, 3.05) is 16.8 Å². The maximum atomic E-state index is 11.5. The maximum absolute atomic E-state index is 11.5. The topological polar surface area (TPSA) is 69.2 Å². The van der Waals surface area contributed by atoms with Crippen LogP contribution in [0.3, 0.4) is 0 Å². The Morgan fingerprint density at radius 3 is 2.65 bits per heavy atom. The number of carboxylic acid groups (broad SMARTS) is 1. The lowest BCUT2D eigenvalue weighted by Crippen LogP contribution is -2.25. The lowest BCUT2D eigenvalue weighted by Gasteiger charge is -2.10. The average molecular weight is 252 g/mol. The van der Waals surface area contributed by atoms with E-state index in [0.717, 1.165) is 28.6 Å². The Bertz CT molecular complexity index is 432. The van der Waals surface area contributed by atoms with E-state index in [-0.39, 0.29) is 17.4 Å². The molecule has 0 atom stereocenters. The van der Waals surface area contributed by atoms with E-state index in [1.807, 2.05) is 32.0 Å². The second-order valence-electron chi connectivity index (χ2n) is 3.66. The minimum absolute atomic E-state index is 0.112. The predicted octanol–water partition coefficient (Wildman–Crippen LogP) is 0.725. The predicted molar refractivity (Wildman–Crippen MR) is 66.9 cm³/mol. The van der Waals surface area contributed by atoms with Gasteiger partial charge in [-0.25, -0.2) is 0 Å². The van der Waals surface area contributed by atoms with Crippen LogP contribution in [0.15, 0.2) is 18.2 Å². The first-order valence-corrected chi connectivity index (χ1v) is 6.30. The number of benzene rings is 1. The molecule has 0 aliphatic heterocycles. The molecule has 1 aromatic carbocycles. The van der Waals surface area contributed by atoms with Crippen molar-refractivity contribution in [3.8, 4) is 0 Å². The van der Waals surface area contributed by atoms with E-state index < -0.39 is 5.97 Å². The van der Waals surface area contributed by atoms with Crippen molar-refractivity contribution in [2.45, 2.75) is 13.8 Å². The van der Waals surface area contributed by atoms with Crippen LogP contribution < -0.4 is 10.4 Å². The van der Waals surface area contributed by atoms with Gasteiger partial charge >= 0.3 is 0 Å². The molecule has 5 heteroatoms. The number of nitrogens with one attached hydrogen (secondary N) is 1. The van der Waals surface area contributed by atoms with Gasteiger partial charge in [-0.1, -0.05) is 12.1 Å². The third-order valence-electron chi connectivity index (χ3n) is 2.33. The van der Waals surface area contributed by atoms with Gasteiger partial charge in [0.05, 0.1) is 11.7 Å². The Kier molecular flexibility index (Phi) is 5.03. The van der Waals surface area contributed by atoms with Crippen molar-refractivity contribution in [3.05, 3.63) is 29.3 Å². The summed E-state index contributed by atoms with van der Waals surface area (Å²) in [5.74, 6) is -1.42. The van der Waals surface area contributed by atoms with Crippen LogP contribution in [0.1, 0.15) is 11.1 Å². The van der Waals surface area contributed by atoms with Crippen molar-refractivity contribution in [1.29, 1.82) is 0 Å². The van der Waals surface area contributed by atoms with Crippen molar-refractivity contribution < 1.29 is 14.7 Å².